The molecule has 3 aromatic heterocycles. The molecule has 0 spiro atoms. The molecule has 1 aliphatic heterocycles. The van der Waals surface area contributed by atoms with Crippen molar-refractivity contribution in [1.29, 1.82) is 0 Å². The molecule has 8 heteroatoms. The molecule has 0 bridgehead atoms. The van der Waals surface area contributed by atoms with Crippen LogP contribution in [0.3, 0.4) is 0 Å². The number of thiophene rings is 1. The lowest BCUT2D eigenvalue weighted by molar-refractivity contribution is 0.00200. The van der Waals surface area contributed by atoms with Crippen molar-refractivity contribution in [1.82, 2.24) is 19.2 Å². The van der Waals surface area contributed by atoms with Gasteiger partial charge in [0, 0.05) is 17.1 Å². The van der Waals surface area contributed by atoms with E-state index >= 15 is 0 Å². The summed E-state index contributed by atoms with van der Waals surface area (Å²) in [5.41, 5.74) is 3.11. The smallest absolute Gasteiger partial charge is 0.268 e. The van der Waals surface area contributed by atoms with Crippen molar-refractivity contribution in [2.75, 3.05) is 5.75 Å². The number of aromatic nitrogens is 4. The maximum absolute atomic E-state index is 14.0. The van der Waals surface area contributed by atoms with Gasteiger partial charge in [0.2, 0.25) is 5.78 Å². The number of fused-ring (bicyclic) bond motifs is 5. The van der Waals surface area contributed by atoms with E-state index in [9.17, 15) is 4.79 Å². The van der Waals surface area contributed by atoms with Crippen LogP contribution in [0.25, 0.3) is 21.7 Å². The predicted molar refractivity (Wildman–Crippen MR) is 145 cm³/mol. The van der Waals surface area contributed by atoms with Crippen LogP contribution in [-0.2, 0) is 17.8 Å². The van der Waals surface area contributed by atoms with Gasteiger partial charge in [-0.2, -0.15) is 0 Å². The number of hydrogen-bond acceptors (Lipinski definition) is 6. The number of thioether (sulfide) groups is 1. The van der Waals surface area contributed by atoms with Gasteiger partial charge in [0.1, 0.15) is 4.83 Å². The second-order valence-corrected chi connectivity index (χ2v) is 12.0. The van der Waals surface area contributed by atoms with Gasteiger partial charge in [0.05, 0.1) is 23.8 Å². The SMILES string of the molecule is CCCCCCCSc1nnc2n(-c3ccc(C)cc3)c(=O)c3c4c(sc3n12)CO[C@@H](C(C)C)C4. The molecule has 1 aromatic carbocycles. The Morgan fingerprint density at radius 1 is 1.14 bits per heavy atom. The Hall–Kier alpha value is -2.16. The molecule has 35 heavy (non-hydrogen) atoms. The lowest BCUT2D eigenvalue weighted by Crippen LogP contribution is -2.28. The average Bonchev–Trinajstić information content (AvgIpc) is 3.43. The van der Waals surface area contributed by atoms with Gasteiger partial charge in [-0.15, -0.1) is 21.5 Å². The van der Waals surface area contributed by atoms with Gasteiger partial charge in [-0.1, -0.05) is 75.9 Å². The molecule has 0 aliphatic carbocycles. The number of hydrogen-bond donors (Lipinski definition) is 0. The highest BCUT2D eigenvalue weighted by molar-refractivity contribution is 7.99. The van der Waals surface area contributed by atoms with E-state index in [1.165, 1.54) is 25.7 Å². The zero-order valence-corrected chi connectivity index (χ0v) is 22.7. The molecule has 5 rings (SSSR count). The summed E-state index contributed by atoms with van der Waals surface area (Å²) in [6, 6.07) is 8.07. The fraction of sp³-hybridized carbons (Fsp3) is 0.519. The summed E-state index contributed by atoms with van der Waals surface area (Å²) in [6.07, 6.45) is 7.12. The third-order valence-corrected chi connectivity index (χ3v) is 9.06. The first-order chi connectivity index (χ1) is 17.0. The Morgan fingerprint density at radius 2 is 1.91 bits per heavy atom. The van der Waals surface area contributed by atoms with Crippen LogP contribution in [0, 0.1) is 12.8 Å². The molecule has 0 amide bonds. The van der Waals surface area contributed by atoms with Gasteiger partial charge in [-0.05, 0) is 37.0 Å². The minimum Gasteiger partial charge on any atom is -0.372 e. The largest absolute Gasteiger partial charge is 0.372 e. The maximum Gasteiger partial charge on any atom is 0.268 e. The van der Waals surface area contributed by atoms with Crippen molar-refractivity contribution in [2.45, 2.75) is 84.1 Å². The molecule has 0 radical (unpaired) electrons. The zero-order chi connectivity index (χ0) is 24.5. The van der Waals surface area contributed by atoms with Crippen LogP contribution < -0.4 is 5.56 Å². The fourth-order valence-electron chi connectivity index (χ4n) is 4.76. The Morgan fingerprint density at radius 3 is 2.66 bits per heavy atom. The van der Waals surface area contributed by atoms with Crippen LogP contribution in [0.4, 0.5) is 0 Å². The van der Waals surface area contributed by atoms with E-state index in [0.29, 0.717) is 18.3 Å². The van der Waals surface area contributed by atoms with Crippen molar-refractivity contribution in [3.8, 4) is 5.69 Å². The van der Waals surface area contributed by atoms with E-state index in [-0.39, 0.29) is 11.7 Å². The highest BCUT2D eigenvalue weighted by Gasteiger charge is 2.30. The van der Waals surface area contributed by atoms with Gasteiger partial charge in [-0.25, -0.2) is 8.97 Å². The minimum absolute atomic E-state index is 0.0122. The number of benzene rings is 1. The first-order valence-corrected chi connectivity index (χ1v) is 14.6. The molecule has 4 heterocycles. The third-order valence-electron chi connectivity index (χ3n) is 6.86. The molecule has 4 aromatic rings. The van der Waals surface area contributed by atoms with Gasteiger partial charge in [-0.3, -0.25) is 4.79 Å². The average molecular weight is 511 g/mol. The van der Waals surface area contributed by atoms with Crippen LogP contribution in [0.2, 0.25) is 0 Å². The van der Waals surface area contributed by atoms with E-state index in [1.54, 1.807) is 27.7 Å². The molecule has 1 atom stereocenters. The van der Waals surface area contributed by atoms with E-state index in [2.05, 4.69) is 42.3 Å². The summed E-state index contributed by atoms with van der Waals surface area (Å²) < 4.78 is 10.0. The molecule has 0 saturated carbocycles. The zero-order valence-electron chi connectivity index (χ0n) is 21.0. The van der Waals surface area contributed by atoms with Gasteiger partial charge in [0.25, 0.3) is 5.56 Å². The Labute approximate surface area is 214 Å². The number of unbranched alkanes of at least 4 members (excludes halogenated alkanes) is 4. The van der Waals surface area contributed by atoms with Crippen molar-refractivity contribution >= 4 is 39.1 Å². The summed E-state index contributed by atoms with van der Waals surface area (Å²) in [6.45, 7) is 9.22. The second kappa shape index (κ2) is 10.4. The molecule has 6 nitrogen and oxygen atoms in total. The van der Waals surface area contributed by atoms with Crippen LogP contribution in [0.1, 0.15) is 68.9 Å². The molecular formula is C27H34N4O2S2. The van der Waals surface area contributed by atoms with Gasteiger partial charge < -0.3 is 4.74 Å². The van der Waals surface area contributed by atoms with E-state index in [1.807, 2.05) is 24.3 Å². The molecular weight excluding hydrogens is 476 g/mol. The summed E-state index contributed by atoms with van der Waals surface area (Å²) in [7, 11) is 0. The number of aryl methyl sites for hydroxylation is 1. The molecule has 0 saturated heterocycles. The molecule has 0 fully saturated rings. The van der Waals surface area contributed by atoms with Crippen molar-refractivity contribution in [2.24, 2.45) is 5.92 Å². The first-order valence-electron chi connectivity index (χ1n) is 12.8. The highest BCUT2D eigenvalue weighted by Crippen LogP contribution is 2.37. The normalized spacial score (nSPS) is 16.0. The first kappa shape index (κ1) is 24.5. The van der Waals surface area contributed by atoms with Crippen LogP contribution in [0.15, 0.2) is 34.2 Å². The van der Waals surface area contributed by atoms with Gasteiger partial charge in [0.15, 0.2) is 5.16 Å². The number of rotatable bonds is 9. The number of ether oxygens (including phenoxy) is 1. The van der Waals surface area contributed by atoms with Gasteiger partial charge >= 0.3 is 0 Å². The third kappa shape index (κ3) is 4.68. The quantitative estimate of drug-likeness (QED) is 0.188. The van der Waals surface area contributed by atoms with Crippen molar-refractivity contribution in [3.05, 3.63) is 50.6 Å². The maximum atomic E-state index is 14.0. The van der Waals surface area contributed by atoms with Crippen LogP contribution in [0.5, 0.6) is 0 Å². The standard InChI is InChI=1S/C27H34N4O2S2/c1-5-6-7-8-9-14-34-27-29-28-26-30(19-12-10-18(4)11-13-19)24(32)23-20-15-21(17(2)3)33-16-22(20)35-25(23)31(26)27/h10-13,17,21H,5-9,14-16H2,1-4H3/t21-/m1/s1. The minimum atomic E-state index is -0.0122. The lowest BCUT2D eigenvalue weighted by atomic mass is 9.96. The van der Waals surface area contributed by atoms with Crippen molar-refractivity contribution in [3.63, 3.8) is 0 Å². The Kier molecular flexibility index (Phi) is 7.32. The predicted octanol–water partition coefficient (Wildman–Crippen LogP) is 6.56. The molecule has 0 N–H and O–H groups in total. The summed E-state index contributed by atoms with van der Waals surface area (Å²) >= 11 is 3.41. The summed E-state index contributed by atoms with van der Waals surface area (Å²) in [5, 5.41) is 10.8. The summed E-state index contributed by atoms with van der Waals surface area (Å²) in [5.74, 6) is 1.98. The lowest BCUT2D eigenvalue weighted by Gasteiger charge is -2.26. The Balaban J connectivity index is 1.65. The topological polar surface area (TPSA) is 61.4 Å². The van der Waals surface area contributed by atoms with Crippen LogP contribution in [-0.4, -0.2) is 31.0 Å². The fourth-order valence-corrected chi connectivity index (χ4v) is 6.99. The molecule has 186 valence electrons. The molecule has 0 unspecified atom stereocenters. The van der Waals surface area contributed by atoms with Crippen molar-refractivity contribution < 1.29 is 4.74 Å². The van der Waals surface area contributed by atoms with Crippen LogP contribution >= 0.6 is 23.1 Å². The van der Waals surface area contributed by atoms with E-state index in [0.717, 1.165) is 55.7 Å². The molecule has 1 aliphatic rings. The summed E-state index contributed by atoms with van der Waals surface area (Å²) in [4.78, 5) is 16.2. The second-order valence-electron chi connectivity index (χ2n) is 9.84. The number of nitrogens with zero attached hydrogens (tertiary/aromatic N) is 4. The monoisotopic (exact) mass is 510 g/mol. The van der Waals surface area contributed by atoms with E-state index in [4.69, 9.17) is 4.74 Å². The Bertz CT molecular complexity index is 1380. The van der Waals surface area contributed by atoms with E-state index < -0.39 is 0 Å². The highest BCUT2D eigenvalue weighted by atomic mass is 32.2.